The van der Waals surface area contributed by atoms with Crippen molar-refractivity contribution in [3.63, 3.8) is 0 Å². The van der Waals surface area contributed by atoms with Crippen LogP contribution in [0.1, 0.15) is 0 Å². The van der Waals surface area contributed by atoms with E-state index in [2.05, 4.69) is 10.0 Å². The maximum absolute atomic E-state index is 8.74. The molecule has 0 aliphatic heterocycles. The lowest BCUT2D eigenvalue weighted by Gasteiger charge is -1.68. The van der Waals surface area contributed by atoms with Crippen molar-refractivity contribution in [1.82, 2.24) is 0 Å². The van der Waals surface area contributed by atoms with Crippen LogP contribution in [0.25, 0.3) is 0 Å². The lowest BCUT2D eigenvalue weighted by Crippen LogP contribution is -1.89. The van der Waals surface area contributed by atoms with E-state index in [4.69, 9.17) is 21.7 Å². The minimum absolute atomic E-state index is 0.778. The molecular weight excluding hydrogens is 174 g/mol. The van der Waals surface area contributed by atoms with Crippen molar-refractivity contribution in [3.8, 4) is 0 Å². The monoisotopic (exact) mass is 177 g/mol. The van der Waals surface area contributed by atoms with E-state index in [1.54, 1.807) is 0 Å². The Hall–Kier alpha value is 0.652. The van der Waals surface area contributed by atoms with Crippen molar-refractivity contribution in [2.24, 2.45) is 0 Å². The van der Waals surface area contributed by atoms with E-state index in [1.807, 2.05) is 0 Å². The summed E-state index contributed by atoms with van der Waals surface area (Å²) in [6, 6.07) is 0. The number of hydrogen-bond acceptors (Lipinski definition) is 3. The third-order valence-corrected chi connectivity index (χ3v) is 0. The van der Waals surface area contributed by atoms with Gasteiger partial charge in [-0.05, 0) is 0 Å². The van der Waals surface area contributed by atoms with Crippen LogP contribution in [0.5, 0.6) is 0 Å². The minimum atomic E-state index is -4.67. The first-order valence-electron chi connectivity index (χ1n) is 1.17. The smallest absolute Gasteiger partial charge is 0.510 e. The molecule has 49 valence electrons. The Bertz CT molecular complexity index is 106. The van der Waals surface area contributed by atoms with E-state index in [0.717, 1.165) is 0 Å². The number of rotatable bonds is 0. The van der Waals surface area contributed by atoms with Crippen molar-refractivity contribution in [2.45, 2.75) is 0 Å². The summed E-state index contributed by atoms with van der Waals surface area (Å²) in [5.41, 5.74) is 0. The first kappa shape index (κ1) is 11.4. The normalized spacial score (nSPS) is 9.00. The van der Waals surface area contributed by atoms with Gasteiger partial charge in [0.15, 0.2) is 0 Å². The first-order chi connectivity index (χ1) is 3.41. The molecule has 0 heterocycles. The van der Waals surface area contributed by atoms with Crippen LogP contribution in [0, 0.1) is 0 Å². The van der Waals surface area contributed by atoms with E-state index in [9.17, 15) is 0 Å². The number of hydrogen-bond donors (Lipinski definition) is 3. The molecular formula is H3AlClO5S. The van der Waals surface area contributed by atoms with Crippen LogP contribution in [0.15, 0.2) is 0 Å². The SMILES string of the molecule is O=S(=O)(O)O.[OH][Al][Cl]. The fourth-order valence-electron chi connectivity index (χ4n) is 0. The van der Waals surface area contributed by atoms with E-state index in [-0.39, 0.29) is 0 Å². The van der Waals surface area contributed by atoms with E-state index < -0.39 is 25.0 Å². The first-order valence-corrected chi connectivity index (χ1v) is 4.83. The van der Waals surface area contributed by atoms with Crippen LogP contribution in [-0.2, 0) is 10.4 Å². The predicted molar refractivity (Wildman–Crippen MR) is 28.0 cm³/mol. The Morgan fingerprint density at radius 3 is 1.38 bits per heavy atom. The molecule has 3 N–H and O–H groups in total. The summed E-state index contributed by atoms with van der Waals surface area (Å²) in [5, 5.41) is 0. The van der Waals surface area contributed by atoms with E-state index in [1.165, 1.54) is 0 Å². The van der Waals surface area contributed by atoms with Crippen molar-refractivity contribution in [2.75, 3.05) is 0 Å². The Morgan fingerprint density at radius 2 is 1.38 bits per heavy atom. The molecule has 0 bridgehead atoms. The molecule has 0 saturated carbocycles. The third-order valence-electron chi connectivity index (χ3n) is 0. The fraction of sp³-hybridized carbons (Fsp3) is 0. The molecule has 0 amide bonds. The zero-order valence-corrected chi connectivity index (χ0v) is 6.25. The van der Waals surface area contributed by atoms with Gasteiger partial charge >= 0.3 is 25.0 Å². The van der Waals surface area contributed by atoms with Crippen LogP contribution in [0.4, 0.5) is 0 Å². The van der Waals surface area contributed by atoms with Crippen molar-refractivity contribution < 1.29 is 21.7 Å². The fourth-order valence-corrected chi connectivity index (χ4v) is 0. The largest absolute Gasteiger partial charge is 0.568 e. The minimum Gasteiger partial charge on any atom is -0.510 e. The molecule has 0 fully saturated rings. The van der Waals surface area contributed by atoms with E-state index in [0.29, 0.717) is 0 Å². The standard InChI is InChI=1S/Al.ClH.H2O4S.H2O/c;;1-5(2,3)4;/h;1H;(H2,1,2,3,4);1H2/q+2;;;/p-2. The zero-order chi connectivity index (χ0) is 7.21. The highest BCUT2D eigenvalue weighted by atomic mass is 35.6. The summed E-state index contributed by atoms with van der Waals surface area (Å²) in [6.45, 7) is 0. The molecule has 0 spiro atoms. The van der Waals surface area contributed by atoms with Gasteiger partial charge in [0.25, 0.3) is 0 Å². The van der Waals surface area contributed by atoms with Gasteiger partial charge in [-0.3, -0.25) is 9.11 Å². The Labute approximate surface area is 57.1 Å². The maximum Gasteiger partial charge on any atom is 0.568 e. The summed E-state index contributed by atoms with van der Waals surface area (Å²) in [7, 11) is -0.0293. The van der Waals surface area contributed by atoms with Crippen LogP contribution in [0.2, 0.25) is 0 Å². The Morgan fingerprint density at radius 1 is 1.38 bits per heavy atom. The molecule has 0 unspecified atom stereocenters. The summed E-state index contributed by atoms with van der Waals surface area (Å²) < 4.78 is 39.0. The zero-order valence-electron chi connectivity index (χ0n) is 3.52. The van der Waals surface area contributed by atoms with Gasteiger partial charge in [-0.15, -0.1) is 0 Å². The summed E-state index contributed by atoms with van der Waals surface area (Å²) in [4.78, 5) is 0. The topological polar surface area (TPSA) is 94.8 Å². The second kappa shape index (κ2) is 5.78. The lowest BCUT2D eigenvalue weighted by molar-refractivity contribution is 0.381. The third kappa shape index (κ3) is 499. The second-order valence-corrected chi connectivity index (χ2v) is 2.22. The van der Waals surface area contributed by atoms with Gasteiger partial charge in [-0.1, -0.05) is 0 Å². The predicted octanol–water partition coefficient (Wildman–Crippen LogP) is -0.901. The van der Waals surface area contributed by atoms with Gasteiger partial charge in [0, 0.05) is 0 Å². The quantitative estimate of drug-likeness (QED) is 0.329. The summed E-state index contributed by atoms with van der Waals surface area (Å²) in [5.74, 6) is 0. The average Bonchev–Trinajstić information content (AvgIpc) is 1.27. The van der Waals surface area contributed by atoms with Gasteiger partial charge < -0.3 is 4.16 Å². The van der Waals surface area contributed by atoms with Gasteiger partial charge in [-0.2, -0.15) is 8.42 Å². The van der Waals surface area contributed by atoms with Crippen LogP contribution >= 0.6 is 10.0 Å². The number of halogens is 1. The van der Waals surface area contributed by atoms with Gasteiger partial charge in [0.1, 0.15) is 0 Å². The molecule has 1 radical (unpaired) electrons. The molecule has 0 rings (SSSR count). The van der Waals surface area contributed by atoms with E-state index >= 15 is 0 Å². The highest BCUT2D eigenvalue weighted by Gasteiger charge is 1.84. The molecule has 0 aliphatic carbocycles. The van der Waals surface area contributed by atoms with Gasteiger partial charge in [0.05, 0.1) is 0 Å². The van der Waals surface area contributed by atoms with Gasteiger partial charge in [-0.25, -0.2) is 10.0 Å². The van der Waals surface area contributed by atoms with Crippen LogP contribution in [0.3, 0.4) is 0 Å². The molecule has 5 nitrogen and oxygen atoms in total. The highest BCUT2D eigenvalue weighted by molar-refractivity contribution is 7.79. The molecule has 0 atom stereocenters. The van der Waals surface area contributed by atoms with Crippen molar-refractivity contribution in [1.29, 1.82) is 0 Å². The average molecular weight is 178 g/mol. The molecule has 0 aromatic carbocycles. The highest BCUT2D eigenvalue weighted by Crippen LogP contribution is 1.59. The van der Waals surface area contributed by atoms with Gasteiger partial charge in [0.2, 0.25) is 0 Å². The molecule has 8 heteroatoms. The maximum atomic E-state index is 8.74. The molecule has 0 aromatic rings. The van der Waals surface area contributed by atoms with Crippen molar-refractivity contribution >= 4 is 35.1 Å². The van der Waals surface area contributed by atoms with Crippen molar-refractivity contribution in [3.05, 3.63) is 0 Å². The summed E-state index contributed by atoms with van der Waals surface area (Å²) in [6.07, 6.45) is 0. The second-order valence-electron chi connectivity index (χ2n) is 0.545. The molecule has 0 saturated heterocycles. The van der Waals surface area contributed by atoms with Crippen LogP contribution < -0.4 is 0 Å². The summed E-state index contributed by atoms with van der Waals surface area (Å²) >= 11 is -0.778. The molecule has 0 aromatic heterocycles. The molecule has 0 aliphatic rings. The lowest BCUT2D eigenvalue weighted by atomic mass is 15.8. The Kier molecular flexibility index (Phi) is 8.28. The van der Waals surface area contributed by atoms with Crippen LogP contribution in [-0.4, -0.2) is 36.3 Å². The Balaban J connectivity index is 0. The molecule has 8 heavy (non-hydrogen) atoms.